The maximum absolute atomic E-state index is 13.2. The molecule has 4 rings (SSSR count). The minimum absolute atomic E-state index is 0.00966. The highest BCUT2D eigenvalue weighted by atomic mass is 16.5. The summed E-state index contributed by atoms with van der Waals surface area (Å²) in [5.74, 6) is 0.881. The van der Waals surface area contributed by atoms with E-state index in [0.717, 1.165) is 11.1 Å². The quantitative estimate of drug-likeness (QED) is 0.728. The summed E-state index contributed by atoms with van der Waals surface area (Å²) in [4.78, 5) is 27.5. The topological polar surface area (TPSA) is 75.4 Å². The third kappa shape index (κ3) is 4.21. The molecule has 0 unspecified atom stereocenters. The molecule has 0 radical (unpaired) electrons. The van der Waals surface area contributed by atoms with Crippen LogP contribution in [-0.4, -0.2) is 35.0 Å². The van der Waals surface area contributed by atoms with Crippen molar-refractivity contribution in [2.45, 2.75) is 19.8 Å². The van der Waals surface area contributed by atoms with Crippen LogP contribution < -0.4 is 5.32 Å². The van der Waals surface area contributed by atoms with E-state index in [0.29, 0.717) is 43.1 Å². The Kier molecular flexibility index (Phi) is 5.42. The number of nitrogens with zero attached hydrogens (tertiary/aromatic N) is 2. The van der Waals surface area contributed by atoms with Crippen molar-refractivity contribution in [3.05, 3.63) is 72.0 Å². The number of benzene rings is 2. The molecule has 6 heteroatoms. The van der Waals surface area contributed by atoms with Crippen molar-refractivity contribution in [2.75, 3.05) is 18.4 Å². The number of aromatic nitrogens is 1. The number of likely N-dealkylation sites (tertiary alicyclic amines) is 1. The average Bonchev–Trinajstić information content (AvgIpc) is 3.18. The molecule has 1 aliphatic rings. The van der Waals surface area contributed by atoms with Crippen molar-refractivity contribution in [3.63, 3.8) is 0 Å². The van der Waals surface area contributed by atoms with Gasteiger partial charge in [0.1, 0.15) is 5.76 Å². The van der Waals surface area contributed by atoms with Gasteiger partial charge in [0.2, 0.25) is 5.91 Å². The molecule has 1 saturated heterocycles. The summed E-state index contributed by atoms with van der Waals surface area (Å²) in [7, 11) is 0. The Morgan fingerprint density at radius 3 is 2.41 bits per heavy atom. The Morgan fingerprint density at radius 2 is 1.72 bits per heavy atom. The van der Waals surface area contributed by atoms with Gasteiger partial charge >= 0.3 is 0 Å². The monoisotopic (exact) mass is 389 g/mol. The fraction of sp³-hybridized carbons (Fsp3) is 0.261. The summed E-state index contributed by atoms with van der Waals surface area (Å²) in [5, 5.41) is 6.59. The first kappa shape index (κ1) is 18.9. The molecule has 3 aromatic rings. The number of carbonyl (C=O) groups is 2. The van der Waals surface area contributed by atoms with Crippen molar-refractivity contribution in [2.24, 2.45) is 5.92 Å². The lowest BCUT2D eigenvalue weighted by molar-refractivity contribution is -0.121. The zero-order chi connectivity index (χ0) is 20.2. The highest BCUT2D eigenvalue weighted by Crippen LogP contribution is 2.27. The second-order valence-corrected chi connectivity index (χ2v) is 7.29. The maximum Gasteiger partial charge on any atom is 0.254 e. The molecule has 0 spiro atoms. The number of carbonyl (C=O) groups excluding carboxylic acids is 2. The summed E-state index contributed by atoms with van der Waals surface area (Å²) >= 11 is 0. The van der Waals surface area contributed by atoms with Crippen molar-refractivity contribution in [1.82, 2.24) is 10.1 Å². The van der Waals surface area contributed by atoms with E-state index in [2.05, 4.69) is 10.5 Å². The van der Waals surface area contributed by atoms with Gasteiger partial charge in [-0.3, -0.25) is 9.59 Å². The Labute approximate surface area is 169 Å². The molecule has 1 aliphatic heterocycles. The molecule has 2 heterocycles. The lowest BCUT2D eigenvalue weighted by Gasteiger charge is -2.31. The van der Waals surface area contributed by atoms with E-state index in [1.54, 1.807) is 13.0 Å². The van der Waals surface area contributed by atoms with Crippen LogP contribution in [0.4, 0.5) is 5.82 Å². The van der Waals surface area contributed by atoms with Gasteiger partial charge in [0.05, 0.1) is 0 Å². The van der Waals surface area contributed by atoms with Gasteiger partial charge in [-0.05, 0) is 37.0 Å². The van der Waals surface area contributed by atoms with Crippen LogP contribution in [0.15, 0.2) is 65.2 Å². The number of nitrogens with one attached hydrogen (secondary N) is 1. The van der Waals surface area contributed by atoms with Gasteiger partial charge < -0.3 is 14.7 Å². The largest absolute Gasteiger partial charge is 0.360 e. The number of hydrogen-bond donors (Lipinski definition) is 1. The van der Waals surface area contributed by atoms with Crippen molar-refractivity contribution < 1.29 is 14.1 Å². The number of piperidine rings is 1. The second-order valence-electron chi connectivity index (χ2n) is 7.29. The van der Waals surface area contributed by atoms with Crippen LogP contribution >= 0.6 is 0 Å². The van der Waals surface area contributed by atoms with Crippen LogP contribution in [-0.2, 0) is 4.79 Å². The number of amides is 2. The zero-order valence-corrected chi connectivity index (χ0v) is 16.3. The first-order valence-electron chi connectivity index (χ1n) is 9.80. The van der Waals surface area contributed by atoms with E-state index in [-0.39, 0.29) is 17.7 Å². The summed E-state index contributed by atoms with van der Waals surface area (Å²) < 4.78 is 4.98. The number of rotatable bonds is 4. The fourth-order valence-corrected chi connectivity index (χ4v) is 3.71. The summed E-state index contributed by atoms with van der Waals surface area (Å²) in [6.45, 7) is 2.88. The highest BCUT2D eigenvalue weighted by molar-refractivity contribution is 6.01. The Bertz CT molecular complexity index is 1000. The standard InChI is InChI=1S/C23H23N3O3/c1-16-15-21(25-29-16)24-22(27)18-11-13-26(14-12-18)23(28)20-10-6-5-9-19(20)17-7-3-2-4-8-17/h2-10,15,18H,11-14H2,1H3,(H,24,25,27). The normalized spacial score (nSPS) is 14.6. The second kappa shape index (κ2) is 8.31. The molecule has 2 aromatic carbocycles. The molecule has 0 atom stereocenters. The van der Waals surface area contributed by atoms with Crippen molar-refractivity contribution in [3.8, 4) is 11.1 Å². The van der Waals surface area contributed by atoms with Crippen LogP contribution in [0.25, 0.3) is 11.1 Å². The predicted octanol–water partition coefficient (Wildman–Crippen LogP) is 4.14. The first-order valence-corrected chi connectivity index (χ1v) is 9.80. The predicted molar refractivity (Wildman–Crippen MR) is 110 cm³/mol. The Balaban J connectivity index is 1.42. The number of hydrogen-bond acceptors (Lipinski definition) is 4. The number of anilines is 1. The van der Waals surface area contributed by atoms with Gasteiger partial charge in [0, 0.05) is 30.6 Å². The summed E-state index contributed by atoms with van der Waals surface area (Å²) in [5.41, 5.74) is 2.65. The van der Waals surface area contributed by atoms with Gasteiger partial charge in [0.15, 0.2) is 5.82 Å². The molecule has 2 amide bonds. The van der Waals surface area contributed by atoms with E-state index in [1.165, 1.54) is 0 Å². The molecule has 0 aliphatic carbocycles. The first-order chi connectivity index (χ1) is 14.1. The minimum atomic E-state index is -0.138. The van der Waals surface area contributed by atoms with Gasteiger partial charge in [-0.25, -0.2) is 0 Å². The molecule has 0 saturated carbocycles. The molecule has 6 nitrogen and oxygen atoms in total. The van der Waals surface area contributed by atoms with Crippen LogP contribution in [0.1, 0.15) is 29.0 Å². The zero-order valence-electron chi connectivity index (χ0n) is 16.3. The van der Waals surface area contributed by atoms with Gasteiger partial charge in [0.25, 0.3) is 5.91 Å². The van der Waals surface area contributed by atoms with Crippen LogP contribution in [0.5, 0.6) is 0 Å². The average molecular weight is 389 g/mol. The Morgan fingerprint density at radius 1 is 1.03 bits per heavy atom. The molecule has 0 bridgehead atoms. The smallest absolute Gasteiger partial charge is 0.254 e. The molecule has 148 valence electrons. The maximum atomic E-state index is 13.2. The van der Waals surface area contributed by atoms with E-state index < -0.39 is 0 Å². The van der Waals surface area contributed by atoms with Crippen LogP contribution in [0.2, 0.25) is 0 Å². The van der Waals surface area contributed by atoms with Crippen LogP contribution in [0.3, 0.4) is 0 Å². The highest BCUT2D eigenvalue weighted by Gasteiger charge is 2.29. The van der Waals surface area contributed by atoms with Crippen molar-refractivity contribution >= 4 is 17.6 Å². The molecule has 1 N–H and O–H groups in total. The molecule has 29 heavy (non-hydrogen) atoms. The minimum Gasteiger partial charge on any atom is -0.360 e. The SMILES string of the molecule is Cc1cc(NC(=O)C2CCN(C(=O)c3ccccc3-c3ccccc3)CC2)no1. The lowest BCUT2D eigenvalue weighted by atomic mass is 9.94. The number of aryl methyl sites for hydroxylation is 1. The molecular formula is C23H23N3O3. The third-order valence-corrected chi connectivity index (χ3v) is 5.27. The van der Waals surface area contributed by atoms with E-state index >= 15 is 0 Å². The fourth-order valence-electron chi connectivity index (χ4n) is 3.71. The van der Waals surface area contributed by atoms with Crippen LogP contribution in [0, 0.1) is 12.8 Å². The van der Waals surface area contributed by atoms with E-state index in [9.17, 15) is 9.59 Å². The van der Waals surface area contributed by atoms with Gasteiger partial charge in [-0.2, -0.15) is 0 Å². The Hall–Kier alpha value is -3.41. The summed E-state index contributed by atoms with van der Waals surface area (Å²) in [6.07, 6.45) is 1.25. The summed E-state index contributed by atoms with van der Waals surface area (Å²) in [6, 6.07) is 19.3. The lowest BCUT2D eigenvalue weighted by Crippen LogP contribution is -2.41. The van der Waals surface area contributed by atoms with E-state index in [1.807, 2.05) is 59.5 Å². The van der Waals surface area contributed by atoms with E-state index in [4.69, 9.17) is 4.52 Å². The molecule has 1 fully saturated rings. The third-order valence-electron chi connectivity index (χ3n) is 5.27. The molecular weight excluding hydrogens is 366 g/mol. The van der Waals surface area contributed by atoms with Gasteiger partial charge in [-0.15, -0.1) is 0 Å². The molecule has 1 aromatic heterocycles. The van der Waals surface area contributed by atoms with Crippen molar-refractivity contribution in [1.29, 1.82) is 0 Å². The van der Waals surface area contributed by atoms with Gasteiger partial charge in [-0.1, -0.05) is 53.7 Å².